The van der Waals surface area contributed by atoms with Crippen LogP contribution in [0.1, 0.15) is 38.7 Å². The molecule has 25 heavy (non-hydrogen) atoms. The number of hydrogen-bond donors (Lipinski definition) is 1. The lowest BCUT2D eigenvalue weighted by atomic mass is 9.62. The molecular weight excluding hydrogens is 326 g/mol. The van der Waals surface area contributed by atoms with Crippen molar-refractivity contribution in [1.82, 2.24) is 4.98 Å². The predicted molar refractivity (Wildman–Crippen MR) is 87.5 cm³/mol. The molecule has 1 N–H and O–H groups in total. The molecule has 7 nitrogen and oxygen atoms in total. The number of rotatable bonds is 5. The Balaban J connectivity index is 2.57. The Morgan fingerprint density at radius 1 is 1.28 bits per heavy atom. The molecule has 0 radical (unpaired) electrons. The fourth-order valence-corrected chi connectivity index (χ4v) is 3.45. The van der Waals surface area contributed by atoms with Gasteiger partial charge < -0.3 is 14.6 Å². The highest BCUT2D eigenvalue weighted by Gasteiger charge is 2.57. The summed E-state index contributed by atoms with van der Waals surface area (Å²) >= 11 is 0. The van der Waals surface area contributed by atoms with E-state index >= 15 is 0 Å². The van der Waals surface area contributed by atoms with Crippen LogP contribution < -0.4 is 0 Å². The molecule has 0 spiro atoms. The summed E-state index contributed by atoms with van der Waals surface area (Å²) < 4.78 is 10.2. The second-order valence-corrected chi connectivity index (χ2v) is 6.27. The molecule has 1 saturated carbocycles. The number of aromatic nitrogens is 1. The smallest absolute Gasteiger partial charge is 0.317 e. The van der Waals surface area contributed by atoms with E-state index in [4.69, 9.17) is 9.47 Å². The molecule has 0 aromatic carbocycles. The monoisotopic (exact) mass is 349 g/mol. The second kappa shape index (κ2) is 7.74. The van der Waals surface area contributed by atoms with Gasteiger partial charge in [-0.15, -0.1) is 0 Å². The van der Waals surface area contributed by atoms with Gasteiger partial charge in [-0.1, -0.05) is 6.07 Å². The lowest BCUT2D eigenvalue weighted by molar-refractivity contribution is -0.172. The molecule has 7 heteroatoms. The van der Waals surface area contributed by atoms with Gasteiger partial charge in [0.05, 0.1) is 24.7 Å². The number of aliphatic hydroxyl groups is 1. The largest absolute Gasteiger partial charge is 0.466 e. The van der Waals surface area contributed by atoms with Crippen LogP contribution in [-0.2, 0) is 23.9 Å². The number of pyridine rings is 1. The summed E-state index contributed by atoms with van der Waals surface area (Å²) in [4.78, 5) is 41.6. The Labute approximate surface area is 146 Å². The van der Waals surface area contributed by atoms with E-state index in [0.29, 0.717) is 5.56 Å². The molecule has 1 heterocycles. The van der Waals surface area contributed by atoms with Gasteiger partial charge in [0.25, 0.3) is 0 Å². The minimum Gasteiger partial charge on any atom is -0.466 e. The van der Waals surface area contributed by atoms with E-state index in [1.165, 1.54) is 13.1 Å². The number of hydrogen-bond acceptors (Lipinski definition) is 7. The summed E-state index contributed by atoms with van der Waals surface area (Å²) in [5.74, 6) is -4.97. The molecule has 1 aromatic heterocycles. The summed E-state index contributed by atoms with van der Waals surface area (Å²) in [5.41, 5.74) is -1.13. The van der Waals surface area contributed by atoms with Crippen LogP contribution in [0.15, 0.2) is 24.5 Å². The van der Waals surface area contributed by atoms with Crippen molar-refractivity contribution in [2.45, 2.75) is 38.7 Å². The van der Waals surface area contributed by atoms with Gasteiger partial charge in [-0.3, -0.25) is 19.4 Å². The number of Topliss-reactive ketones (excluding diaryl/α,β-unsaturated/α-hetero) is 1. The van der Waals surface area contributed by atoms with Crippen LogP contribution in [0.3, 0.4) is 0 Å². The summed E-state index contributed by atoms with van der Waals surface area (Å²) in [5, 5.41) is 10.8. The van der Waals surface area contributed by atoms with Gasteiger partial charge in [0.1, 0.15) is 5.92 Å². The molecule has 0 saturated heterocycles. The van der Waals surface area contributed by atoms with E-state index < -0.39 is 41.1 Å². The van der Waals surface area contributed by atoms with Crippen molar-refractivity contribution < 1.29 is 29.0 Å². The van der Waals surface area contributed by atoms with Crippen LogP contribution in [0.5, 0.6) is 0 Å². The molecular formula is C18H23NO6. The normalized spacial score (nSPS) is 29.1. The standard InChI is InChI=1S/C18H23NO6/c1-4-24-16(21)14-12(20)9-18(3,23)15(17(22)25-5-2)13(14)11-7-6-8-19-10-11/h6-8,10,13-15,23H,4-5,9H2,1-3H3/t13-,14-,15-,18-/m1/s1. The maximum Gasteiger partial charge on any atom is 0.317 e. The molecule has 0 bridgehead atoms. The maximum absolute atomic E-state index is 12.6. The number of carbonyl (C=O) groups excluding carboxylic acids is 3. The van der Waals surface area contributed by atoms with E-state index in [0.717, 1.165) is 0 Å². The van der Waals surface area contributed by atoms with Crippen LogP contribution in [-0.4, -0.2) is 46.6 Å². The molecule has 1 aliphatic carbocycles. The third-order valence-electron chi connectivity index (χ3n) is 4.42. The first-order valence-corrected chi connectivity index (χ1v) is 8.31. The SMILES string of the molecule is CCOC(=O)[C@@H]1C(=O)C[C@@](C)(O)[C@@H](C(=O)OCC)[C@@H]1c1cccnc1. The first-order chi connectivity index (χ1) is 11.8. The molecule has 2 rings (SSSR count). The third-order valence-corrected chi connectivity index (χ3v) is 4.42. The molecule has 0 aliphatic heterocycles. The lowest BCUT2D eigenvalue weighted by Gasteiger charge is -2.43. The summed E-state index contributed by atoms with van der Waals surface area (Å²) in [7, 11) is 0. The fourth-order valence-electron chi connectivity index (χ4n) is 3.45. The minimum absolute atomic E-state index is 0.114. The molecule has 0 amide bonds. The van der Waals surface area contributed by atoms with E-state index in [-0.39, 0.29) is 19.6 Å². The van der Waals surface area contributed by atoms with Crippen molar-refractivity contribution in [3.8, 4) is 0 Å². The molecule has 1 aromatic rings. The van der Waals surface area contributed by atoms with Crippen LogP contribution >= 0.6 is 0 Å². The quantitative estimate of drug-likeness (QED) is 0.630. The highest BCUT2D eigenvalue weighted by atomic mass is 16.5. The van der Waals surface area contributed by atoms with Gasteiger partial charge in [0.2, 0.25) is 0 Å². The molecule has 0 unspecified atom stereocenters. The molecule has 1 aliphatic rings. The third kappa shape index (κ3) is 3.87. The van der Waals surface area contributed by atoms with E-state index in [9.17, 15) is 19.5 Å². The van der Waals surface area contributed by atoms with E-state index in [2.05, 4.69) is 4.98 Å². The number of ether oxygens (including phenoxy) is 2. The molecule has 136 valence electrons. The van der Waals surface area contributed by atoms with Crippen molar-refractivity contribution in [2.24, 2.45) is 11.8 Å². The second-order valence-electron chi connectivity index (χ2n) is 6.27. The van der Waals surface area contributed by atoms with Crippen LogP contribution in [0.2, 0.25) is 0 Å². The van der Waals surface area contributed by atoms with Gasteiger partial charge >= 0.3 is 11.9 Å². The highest BCUT2D eigenvalue weighted by Crippen LogP contribution is 2.46. The first kappa shape index (κ1) is 19.1. The molecule has 1 fully saturated rings. The van der Waals surface area contributed by atoms with Crippen molar-refractivity contribution in [2.75, 3.05) is 13.2 Å². The Hall–Kier alpha value is -2.28. The first-order valence-electron chi connectivity index (χ1n) is 8.31. The zero-order valence-corrected chi connectivity index (χ0v) is 14.6. The molecule has 4 atom stereocenters. The van der Waals surface area contributed by atoms with Gasteiger partial charge in [-0.2, -0.15) is 0 Å². The van der Waals surface area contributed by atoms with Crippen LogP contribution in [0, 0.1) is 11.8 Å². The van der Waals surface area contributed by atoms with Crippen molar-refractivity contribution in [3.63, 3.8) is 0 Å². The maximum atomic E-state index is 12.6. The Morgan fingerprint density at radius 3 is 2.48 bits per heavy atom. The predicted octanol–water partition coefficient (Wildman–Crippen LogP) is 1.25. The van der Waals surface area contributed by atoms with E-state index in [1.807, 2.05) is 0 Å². The summed E-state index contributed by atoms with van der Waals surface area (Å²) in [6, 6.07) is 3.32. The lowest BCUT2D eigenvalue weighted by Crippen LogP contribution is -2.55. The van der Waals surface area contributed by atoms with E-state index in [1.54, 1.807) is 32.2 Å². The zero-order chi connectivity index (χ0) is 18.6. The van der Waals surface area contributed by atoms with Crippen LogP contribution in [0.4, 0.5) is 0 Å². The topological polar surface area (TPSA) is 103 Å². The summed E-state index contributed by atoms with van der Waals surface area (Å²) in [6.45, 7) is 4.95. The Bertz CT molecular complexity index is 642. The fraction of sp³-hybridized carbons (Fsp3) is 0.556. The average Bonchev–Trinajstić information content (AvgIpc) is 2.54. The van der Waals surface area contributed by atoms with Crippen molar-refractivity contribution in [3.05, 3.63) is 30.1 Å². The van der Waals surface area contributed by atoms with Gasteiger partial charge in [-0.25, -0.2) is 0 Å². The van der Waals surface area contributed by atoms with Crippen LogP contribution in [0.25, 0.3) is 0 Å². The Kier molecular flexibility index (Phi) is 5.89. The Morgan fingerprint density at radius 2 is 1.92 bits per heavy atom. The number of esters is 2. The number of nitrogens with zero attached hydrogens (tertiary/aromatic N) is 1. The van der Waals surface area contributed by atoms with Gasteiger partial charge in [0.15, 0.2) is 5.78 Å². The van der Waals surface area contributed by atoms with Gasteiger partial charge in [0, 0.05) is 24.7 Å². The average molecular weight is 349 g/mol. The highest BCUT2D eigenvalue weighted by molar-refractivity contribution is 6.02. The minimum atomic E-state index is -1.63. The number of ketones is 1. The summed E-state index contributed by atoms with van der Waals surface area (Å²) in [6.07, 6.45) is 2.71. The van der Waals surface area contributed by atoms with Crippen molar-refractivity contribution >= 4 is 17.7 Å². The number of carbonyl (C=O) groups is 3. The zero-order valence-electron chi connectivity index (χ0n) is 14.6. The van der Waals surface area contributed by atoms with Gasteiger partial charge in [-0.05, 0) is 32.4 Å². The van der Waals surface area contributed by atoms with Crippen molar-refractivity contribution in [1.29, 1.82) is 0 Å².